The third-order valence-corrected chi connectivity index (χ3v) is 8.16. The molecule has 0 bridgehead atoms. The van der Waals surface area contributed by atoms with Gasteiger partial charge in [0.05, 0.1) is 12.7 Å². The second-order valence-corrected chi connectivity index (χ2v) is 10.6. The van der Waals surface area contributed by atoms with E-state index in [1.165, 1.54) is 17.0 Å². The minimum absolute atomic E-state index is 0.0601. The molecule has 0 spiro atoms. The zero-order valence-electron chi connectivity index (χ0n) is 21.1. The Labute approximate surface area is 212 Å². The zero-order chi connectivity index (χ0) is 26.5. The Bertz CT molecular complexity index is 1230. The maximum absolute atomic E-state index is 13.5. The Kier molecular flexibility index (Phi) is 8.73. The van der Waals surface area contributed by atoms with Crippen molar-refractivity contribution >= 4 is 27.7 Å². The van der Waals surface area contributed by atoms with Crippen LogP contribution in [0.3, 0.4) is 0 Å². The summed E-state index contributed by atoms with van der Waals surface area (Å²) >= 11 is 0. The highest BCUT2D eigenvalue weighted by molar-refractivity contribution is 7.90. The number of sulfonamides is 1. The van der Waals surface area contributed by atoms with Crippen LogP contribution in [-0.2, 0) is 26.2 Å². The van der Waals surface area contributed by atoms with Crippen LogP contribution in [-0.4, -0.2) is 61.1 Å². The van der Waals surface area contributed by atoms with Crippen LogP contribution < -0.4 is 10.1 Å². The topological polar surface area (TPSA) is 113 Å². The van der Waals surface area contributed by atoms with Crippen LogP contribution in [0.2, 0.25) is 0 Å². The van der Waals surface area contributed by atoms with Crippen molar-refractivity contribution in [3.05, 3.63) is 59.7 Å². The second kappa shape index (κ2) is 11.6. The molecule has 3 amide bonds. The number of hydrogen-bond donors (Lipinski definition) is 1. The fourth-order valence-corrected chi connectivity index (χ4v) is 5.69. The molecule has 194 valence electrons. The molecule has 10 heteroatoms. The number of rotatable bonds is 11. The molecule has 2 aromatic carbocycles. The fourth-order valence-electron chi connectivity index (χ4n) is 4.12. The van der Waals surface area contributed by atoms with E-state index in [2.05, 4.69) is 5.32 Å². The van der Waals surface area contributed by atoms with E-state index < -0.39 is 27.9 Å². The van der Waals surface area contributed by atoms with Gasteiger partial charge in [-0.25, -0.2) is 12.7 Å². The first-order valence-electron chi connectivity index (χ1n) is 12.0. The largest absolute Gasteiger partial charge is 0.497 e. The molecule has 0 saturated carbocycles. The van der Waals surface area contributed by atoms with Gasteiger partial charge < -0.3 is 15.0 Å². The molecule has 2 atom stereocenters. The number of nitrogens with zero attached hydrogens (tertiary/aromatic N) is 2. The molecule has 1 aliphatic heterocycles. The number of fused-ring (bicyclic) bond motifs is 1. The first-order valence-corrected chi connectivity index (χ1v) is 13.5. The summed E-state index contributed by atoms with van der Waals surface area (Å²) in [5.41, 5.74) is 0.854. The SMILES string of the molecule is CCC(C)NC(=O)C(CC)N(Cc1cccc(OC)c1)C(=O)CCN1C(=O)c2ccccc2S1(=O)=O. The minimum atomic E-state index is -4.03. The molecule has 9 nitrogen and oxygen atoms in total. The minimum Gasteiger partial charge on any atom is -0.497 e. The lowest BCUT2D eigenvalue weighted by Crippen LogP contribution is -2.51. The van der Waals surface area contributed by atoms with Crippen molar-refractivity contribution < 1.29 is 27.5 Å². The van der Waals surface area contributed by atoms with Gasteiger partial charge in [0.2, 0.25) is 11.8 Å². The monoisotopic (exact) mass is 515 g/mol. The van der Waals surface area contributed by atoms with Gasteiger partial charge in [0.15, 0.2) is 0 Å². The standard InChI is InChI=1S/C26H33N3O6S/c1-5-18(3)27-25(31)22(6-2)28(17-19-10-9-11-20(16-19)35-4)24(30)14-15-29-26(32)21-12-7-8-13-23(21)36(29,33)34/h7-13,16,18,22H,5-6,14-15,17H2,1-4H3,(H,27,31). The molecule has 1 N–H and O–H groups in total. The molecule has 1 aliphatic rings. The van der Waals surface area contributed by atoms with Crippen molar-refractivity contribution in [1.29, 1.82) is 0 Å². The van der Waals surface area contributed by atoms with Gasteiger partial charge in [-0.1, -0.05) is 38.1 Å². The van der Waals surface area contributed by atoms with Gasteiger partial charge in [0, 0.05) is 25.6 Å². The predicted octanol–water partition coefficient (Wildman–Crippen LogP) is 2.95. The van der Waals surface area contributed by atoms with Gasteiger partial charge in [-0.2, -0.15) is 0 Å². The van der Waals surface area contributed by atoms with Crippen molar-refractivity contribution in [2.24, 2.45) is 0 Å². The Morgan fingerprint density at radius 3 is 2.44 bits per heavy atom. The lowest BCUT2D eigenvalue weighted by molar-refractivity contribution is -0.141. The van der Waals surface area contributed by atoms with E-state index in [0.29, 0.717) is 12.2 Å². The summed E-state index contributed by atoms with van der Waals surface area (Å²) in [6.45, 7) is 5.48. The van der Waals surface area contributed by atoms with Crippen molar-refractivity contribution in [1.82, 2.24) is 14.5 Å². The first kappa shape index (κ1) is 27.2. The maximum Gasteiger partial charge on any atom is 0.269 e. The molecule has 0 fully saturated rings. The van der Waals surface area contributed by atoms with Crippen LogP contribution in [0.5, 0.6) is 5.75 Å². The molecule has 0 radical (unpaired) electrons. The second-order valence-electron chi connectivity index (χ2n) is 8.74. The van der Waals surface area contributed by atoms with Crippen LogP contribution in [0.15, 0.2) is 53.4 Å². The highest BCUT2D eigenvalue weighted by Crippen LogP contribution is 2.30. The summed E-state index contributed by atoms with van der Waals surface area (Å²) in [6, 6.07) is 12.3. The summed E-state index contributed by atoms with van der Waals surface area (Å²) < 4.78 is 31.8. The summed E-state index contributed by atoms with van der Waals surface area (Å²) in [5.74, 6) is -0.744. The third kappa shape index (κ3) is 5.70. The Balaban J connectivity index is 1.84. The molecule has 2 aromatic rings. The molecule has 3 rings (SSSR count). The van der Waals surface area contributed by atoms with E-state index in [9.17, 15) is 22.8 Å². The fraction of sp³-hybridized carbons (Fsp3) is 0.423. The lowest BCUT2D eigenvalue weighted by Gasteiger charge is -2.32. The van der Waals surface area contributed by atoms with Crippen LogP contribution >= 0.6 is 0 Å². The quantitative estimate of drug-likeness (QED) is 0.492. The summed E-state index contributed by atoms with van der Waals surface area (Å²) in [5, 5.41) is 2.94. The summed E-state index contributed by atoms with van der Waals surface area (Å²) in [7, 11) is -2.49. The lowest BCUT2D eigenvalue weighted by atomic mass is 10.1. The number of methoxy groups -OCH3 is 1. The predicted molar refractivity (Wildman–Crippen MR) is 135 cm³/mol. The van der Waals surface area contributed by atoms with Gasteiger partial charge >= 0.3 is 0 Å². The van der Waals surface area contributed by atoms with E-state index in [1.54, 1.807) is 37.4 Å². The van der Waals surface area contributed by atoms with Crippen molar-refractivity contribution in [3.8, 4) is 5.75 Å². The summed E-state index contributed by atoms with van der Waals surface area (Å²) in [4.78, 5) is 40.7. The molecule has 0 aliphatic carbocycles. The maximum atomic E-state index is 13.5. The molecule has 1 heterocycles. The van der Waals surface area contributed by atoms with Gasteiger partial charge in [-0.3, -0.25) is 14.4 Å². The highest BCUT2D eigenvalue weighted by Gasteiger charge is 2.41. The van der Waals surface area contributed by atoms with E-state index >= 15 is 0 Å². The van der Waals surface area contributed by atoms with Crippen molar-refractivity contribution in [2.45, 2.75) is 63.6 Å². The Morgan fingerprint density at radius 2 is 1.81 bits per heavy atom. The normalized spacial score (nSPS) is 15.7. The summed E-state index contributed by atoms with van der Waals surface area (Å²) in [6.07, 6.45) is 0.849. The molecule has 36 heavy (non-hydrogen) atoms. The van der Waals surface area contributed by atoms with Crippen LogP contribution in [0, 0.1) is 0 Å². The molecular weight excluding hydrogens is 482 g/mol. The highest BCUT2D eigenvalue weighted by atomic mass is 32.2. The number of hydrogen-bond acceptors (Lipinski definition) is 6. The third-order valence-electron chi connectivity index (χ3n) is 6.31. The number of carbonyl (C=O) groups is 3. The van der Waals surface area contributed by atoms with Crippen molar-refractivity contribution in [2.75, 3.05) is 13.7 Å². The Hall–Kier alpha value is -3.40. The smallest absolute Gasteiger partial charge is 0.269 e. The van der Waals surface area contributed by atoms with Gasteiger partial charge in [0.25, 0.3) is 15.9 Å². The molecule has 0 aromatic heterocycles. The van der Waals surface area contributed by atoms with Crippen LogP contribution in [0.4, 0.5) is 0 Å². The number of ether oxygens (including phenoxy) is 1. The van der Waals surface area contributed by atoms with E-state index in [4.69, 9.17) is 4.74 Å². The van der Waals surface area contributed by atoms with E-state index in [0.717, 1.165) is 16.3 Å². The van der Waals surface area contributed by atoms with E-state index in [-0.39, 0.29) is 41.9 Å². The van der Waals surface area contributed by atoms with Gasteiger partial charge in [-0.05, 0) is 49.6 Å². The molecule has 0 saturated heterocycles. The van der Waals surface area contributed by atoms with Crippen LogP contribution in [0.25, 0.3) is 0 Å². The zero-order valence-corrected chi connectivity index (χ0v) is 21.9. The number of nitrogens with one attached hydrogen (secondary N) is 1. The number of amides is 3. The number of benzene rings is 2. The number of carbonyl (C=O) groups excluding carboxylic acids is 3. The molecular formula is C26H33N3O6S. The first-order chi connectivity index (χ1) is 17.1. The molecule has 2 unspecified atom stereocenters. The average molecular weight is 516 g/mol. The van der Waals surface area contributed by atoms with Gasteiger partial charge in [-0.15, -0.1) is 0 Å². The van der Waals surface area contributed by atoms with Crippen LogP contribution in [0.1, 0.15) is 56.0 Å². The average Bonchev–Trinajstić information content (AvgIpc) is 3.07. The van der Waals surface area contributed by atoms with E-state index in [1.807, 2.05) is 26.8 Å². The van der Waals surface area contributed by atoms with Gasteiger partial charge in [0.1, 0.15) is 16.7 Å². The van der Waals surface area contributed by atoms with Crippen molar-refractivity contribution in [3.63, 3.8) is 0 Å². The Morgan fingerprint density at radius 1 is 1.08 bits per heavy atom.